The first-order chi connectivity index (χ1) is 6.72. The number of hydrogen-bond donors (Lipinski definition) is 1. The van der Waals surface area contributed by atoms with E-state index >= 15 is 0 Å². The molecule has 0 aliphatic heterocycles. The summed E-state index contributed by atoms with van der Waals surface area (Å²) in [5.41, 5.74) is 7.17. The van der Waals surface area contributed by atoms with Crippen LogP contribution in [0.25, 0.3) is 0 Å². The molecule has 0 spiro atoms. The van der Waals surface area contributed by atoms with Crippen LogP contribution in [0.5, 0.6) is 0 Å². The zero-order valence-electron chi connectivity index (χ0n) is 9.08. The van der Waals surface area contributed by atoms with E-state index in [4.69, 9.17) is 5.73 Å². The molecule has 0 aromatic carbocycles. The monoisotopic (exact) mass is 194 g/mol. The third-order valence-electron chi connectivity index (χ3n) is 1.55. The lowest BCUT2D eigenvalue weighted by atomic mass is 10.1. The summed E-state index contributed by atoms with van der Waals surface area (Å²) in [5, 5.41) is 0. The predicted molar refractivity (Wildman–Crippen MR) is 57.9 cm³/mol. The third-order valence-corrected chi connectivity index (χ3v) is 1.55. The first-order valence-electron chi connectivity index (χ1n) is 4.85. The molecule has 0 atom stereocenters. The van der Waals surface area contributed by atoms with Crippen molar-refractivity contribution in [2.24, 2.45) is 5.73 Å². The minimum atomic E-state index is 0.150. The molecule has 0 aliphatic rings. The Morgan fingerprint density at radius 3 is 2.43 bits per heavy atom. The van der Waals surface area contributed by atoms with Gasteiger partial charge in [-0.25, -0.2) is 0 Å². The second kappa shape index (κ2) is 7.21. The van der Waals surface area contributed by atoms with Crippen molar-refractivity contribution in [1.29, 1.82) is 0 Å². The molecule has 0 aliphatic carbocycles. The Morgan fingerprint density at radius 2 is 2.07 bits per heavy atom. The SMILES string of the molecule is CC.CC(=O)Cc1ccc(CN)nc1. The lowest BCUT2D eigenvalue weighted by Gasteiger charge is -1.98. The number of aromatic nitrogens is 1. The average molecular weight is 194 g/mol. The number of rotatable bonds is 3. The molecule has 1 rings (SSSR count). The van der Waals surface area contributed by atoms with Crippen molar-refractivity contribution >= 4 is 5.78 Å². The van der Waals surface area contributed by atoms with E-state index in [1.807, 2.05) is 26.0 Å². The molecule has 0 unspecified atom stereocenters. The largest absolute Gasteiger partial charge is 0.325 e. The van der Waals surface area contributed by atoms with Crippen LogP contribution in [0.15, 0.2) is 18.3 Å². The maximum Gasteiger partial charge on any atom is 0.134 e. The van der Waals surface area contributed by atoms with Gasteiger partial charge in [0.2, 0.25) is 0 Å². The quantitative estimate of drug-likeness (QED) is 0.796. The Bertz CT molecular complexity index is 267. The van der Waals surface area contributed by atoms with Crippen LogP contribution in [0.1, 0.15) is 32.0 Å². The number of hydrogen-bond acceptors (Lipinski definition) is 3. The minimum Gasteiger partial charge on any atom is -0.325 e. The molecule has 0 fully saturated rings. The van der Waals surface area contributed by atoms with Crippen LogP contribution >= 0.6 is 0 Å². The molecule has 3 heteroatoms. The number of pyridine rings is 1. The highest BCUT2D eigenvalue weighted by Crippen LogP contribution is 2.00. The van der Waals surface area contributed by atoms with E-state index in [0.717, 1.165) is 11.3 Å². The van der Waals surface area contributed by atoms with Crippen molar-refractivity contribution < 1.29 is 4.79 Å². The Kier molecular flexibility index (Phi) is 6.58. The number of carbonyl (C=O) groups is 1. The van der Waals surface area contributed by atoms with Crippen molar-refractivity contribution in [1.82, 2.24) is 4.98 Å². The summed E-state index contributed by atoms with van der Waals surface area (Å²) < 4.78 is 0. The highest BCUT2D eigenvalue weighted by molar-refractivity contribution is 5.78. The van der Waals surface area contributed by atoms with Gasteiger partial charge in [-0.05, 0) is 18.6 Å². The zero-order chi connectivity index (χ0) is 11.0. The minimum absolute atomic E-state index is 0.150. The van der Waals surface area contributed by atoms with E-state index < -0.39 is 0 Å². The van der Waals surface area contributed by atoms with E-state index in [9.17, 15) is 4.79 Å². The van der Waals surface area contributed by atoms with E-state index in [0.29, 0.717) is 13.0 Å². The Labute approximate surface area is 85.3 Å². The topological polar surface area (TPSA) is 56.0 Å². The number of nitrogens with zero attached hydrogens (tertiary/aromatic N) is 1. The molecule has 2 N–H and O–H groups in total. The van der Waals surface area contributed by atoms with Gasteiger partial charge in [-0.15, -0.1) is 0 Å². The fourth-order valence-corrected chi connectivity index (χ4v) is 0.968. The van der Waals surface area contributed by atoms with Gasteiger partial charge in [0.05, 0.1) is 5.69 Å². The molecule has 0 bridgehead atoms. The van der Waals surface area contributed by atoms with E-state index in [2.05, 4.69) is 4.98 Å². The van der Waals surface area contributed by atoms with Gasteiger partial charge in [-0.2, -0.15) is 0 Å². The fraction of sp³-hybridized carbons (Fsp3) is 0.455. The molecule has 1 aromatic rings. The predicted octanol–water partition coefficient (Wildman–Crippen LogP) is 1.70. The molecule has 78 valence electrons. The number of ketones is 1. The van der Waals surface area contributed by atoms with Gasteiger partial charge >= 0.3 is 0 Å². The smallest absolute Gasteiger partial charge is 0.134 e. The van der Waals surface area contributed by atoms with E-state index in [1.54, 1.807) is 13.1 Å². The lowest BCUT2D eigenvalue weighted by molar-refractivity contribution is -0.116. The molecule has 0 saturated carbocycles. The summed E-state index contributed by atoms with van der Waals surface area (Å²) in [6.07, 6.45) is 2.15. The second-order valence-electron chi connectivity index (χ2n) is 2.74. The summed E-state index contributed by atoms with van der Waals surface area (Å²) in [5.74, 6) is 0.150. The van der Waals surface area contributed by atoms with Crippen LogP contribution in [0, 0.1) is 0 Å². The molecule has 0 radical (unpaired) electrons. The summed E-state index contributed by atoms with van der Waals surface area (Å²) in [7, 11) is 0. The molecule has 1 heterocycles. The van der Waals surface area contributed by atoms with Gasteiger partial charge in [-0.3, -0.25) is 9.78 Å². The van der Waals surface area contributed by atoms with Gasteiger partial charge in [0.1, 0.15) is 5.78 Å². The summed E-state index contributed by atoms with van der Waals surface area (Å²) in [6, 6.07) is 3.73. The van der Waals surface area contributed by atoms with Crippen molar-refractivity contribution in [2.75, 3.05) is 0 Å². The van der Waals surface area contributed by atoms with Crippen molar-refractivity contribution in [2.45, 2.75) is 33.7 Å². The fourth-order valence-electron chi connectivity index (χ4n) is 0.968. The molecular formula is C11H18N2O. The first kappa shape index (κ1) is 12.8. The lowest BCUT2D eigenvalue weighted by Crippen LogP contribution is -2.01. The van der Waals surface area contributed by atoms with Crippen molar-refractivity contribution in [3.8, 4) is 0 Å². The van der Waals surface area contributed by atoms with Crippen LogP contribution in [0.2, 0.25) is 0 Å². The summed E-state index contributed by atoms with van der Waals surface area (Å²) in [6.45, 7) is 6.01. The Morgan fingerprint density at radius 1 is 1.43 bits per heavy atom. The van der Waals surface area contributed by atoms with Crippen LogP contribution < -0.4 is 5.73 Å². The summed E-state index contributed by atoms with van der Waals surface area (Å²) >= 11 is 0. The van der Waals surface area contributed by atoms with Gasteiger partial charge in [0.15, 0.2) is 0 Å². The highest BCUT2D eigenvalue weighted by Gasteiger charge is 1.97. The standard InChI is InChI=1S/C9H12N2O.C2H6/c1-7(12)4-8-2-3-9(5-10)11-6-8;1-2/h2-3,6H,4-5,10H2,1H3;1-2H3. The maximum absolute atomic E-state index is 10.7. The van der Waals surface area contributed by atoms with Crippen LogP contribution in [-0.2, 0) is 17.8 Å². The first-order valence-corrected chi connectivity index (χ1v) is 4.85. The Hall–Kier alpha value is -1.22. The van der Waals surface area contributed by atoms with Gasteiger partial charge in [0, 0.05) is 19.2 Å². The highest BCUT2D eigenvalue weighted by atomic mass is 16.1. The summed E-state index contributed by atoms with van der Waals surface area (Å²) in [4.78, 5) is 14.8. The normalized spacial score (nSPS) is 8.86. The number of nitrogens with two attached hydrogens (primary N) is 1. The van der Waals surface area contributed by atoms with E-state index in [-0.39, 0.29) is 5.78 Å². The van der Waals surface area contributed by atoms with Crippen LogP contribution in [0.4, 0.5) is 0 Å². The zero-order valence-corrected chi connectivity index (χ0v) is 9.08. The number of carbonyl (C=O) groups excluding carboxylic acids is 1. The van der Waals surface area contributed by atoms with Crippen molar-refractivity contribution in [3.63, 3.8) is 0 Å². The molecule has 14 heavy (non-hydrogen) atoms. The van der Waals surface area contributed by atoms with Crippen LogP contribution in [-0.4, -0.2) is 10.8 Å². The van der Waals surface area contributed by atoms with Gasteiger partial charge in [0.25, 0.3) is 0 Å². The molecule has 1 aromatic heterocycles. The third kappa shape index (κ3) is 4.72. The molecular weight excluding hydrogens is 176 g/mol. The molecule has 0 saturated heterocycles. The maximum atomic E-state index is 10.7. The average Bonchev–Trinajstić information content (AvgIpc) is 2.21. The molecule has 3 nitrogen and oxygen atoms in total. The van der Waals surface area contributed by atoms with Gasteiger partial charge < -0.3 is 5.73 Å². The van der Waals surface area contributed by atoms with Crippen molar-refractivity contribution in [3.05, 3.63) is 29.6 Å². The van der Waals surface area contributed by atoms with Crippen LogP contribution in [0.3, 0.4) is 0 Å². The second-order valence-corrected chi connectivity index (χ2v) is 2.74. The van der Waals surface area contributed by atoms with Gasteiger partial charge in [-0.1, -0.05) is 19.9 Å². The van der Waals surface area contributed by atoms with E-state index in [1.165, 1.54) is 0 Å². The number of Topliss-reactive ketones (excluding diaryl/α,β-unsaturated/α-hetero) is 1. The molecule has 0 amide bonds. The Balaban J connectivity index is 0.000000791.